The molecular weight excluding hydrogens is 305 g/mol. The third-order valence-corrected chi connectivity index (χ3v) is 4.10. The van der Waals surface area contributed by atoms with Crippen LogP contribution in [0.1, 0.15) is 23.2 Å². The average molecular weight is 320 g/mol. The van der Waals surface area contributed by atoms with Crippen LogP contribution in [-0.2, 0) is 0 Å². The van der Waals surface area contributed by atoms with Crippen molar-refractivity contribution in [3.63, 3.8) is 0 Å². The van der Waals surface area contributed by atoms with Gasteiger partial charge < -0.3 is 15.8 Å². The van der Waals surface area contributed by atoms with Crippen LogP contribution in [0, 0.1) is 0 Å². The van der Waals surface area contributed by atoms with E-state index >= 15 is 0 Å². The third kappa shape index (κ3) is 4.73. The van der Waals surface area contributed by atoms with E-state index < -0.39 is 12.1 Å². The zero-order valence-corrected chi connectivity index (χ0v) is 11.9. The lowest BCUT2D eigenvalue weighted by molar-refractivity contribution is -0.274. The van der Waals surface area contributed by atoms with Gasteiger partial charge in [0.15, 0.2) is 5.75 Å². The van der Waals surface area contributed by atoms with Crippen molar-refractivity contribution in [3.05, 3.63) is 23.8 Å². The number of benzene rings is 1. The van der Waals surface area contributed by atoms with Crippen molar-refractivity contribution >= 4 is 23.4 Å². The van der Waals surface area contributed by atoms with Gasteiger partial charge in [0.1, 0.15) is 0 Å². The molecule has 4 nitrogen and oxygen atoms in total. The van der Waals surface area contributed by atoms with Gasteiger partial charge in [0.25, 0.3) is 5.91 Å². The number of hydrogen-bond acceptors (Lipinski definition) is 4. The fourth-order valence-corrected chi connectivity index (χ4v) is 3.12. The van der Waals surface area contributed by atoms with E-state index in [1.807, 2.05) is 11.8 Å². The van der Waals surface area contributed by atoms with Crippen LogP contribution in [0.5, 0.6) is 5.75 Å². The quantitative estimate of drug-likeness (QED) is 0.841. The number of hydrogen-bond donors (Lipinski definition) is 2. The van der Waals surface area contributed by atoms with Crippen LogP contribution in [0.4, 0.5) is 18.9 Å². The van der Waals surface area contributed by atoms with E-state index in [0.717, 1.165) is 30.4 Å². The zero-order valence-electron chi connectivity index (χ0n) is 11.1. The maximum atomic E-state index is 12.1. The van der Waals surface area contributed by atoms with Crippen molar-refractivity contribution in [2.24, 2.45) is 0 Å². The van der Waals surface area contributed by atoms with Crippen LogP contribution >= 0.6 is 11.8 Å². The smallest absolute Gasteiger partial charge is 0.404 e. The number of alkyl halides is 3. The summed E-state index contributed by atoms with van der Waals surface area (Å²) in [7, 11) is 0. The number of carbonyl (C=O) groups is 1. The molecule has 0 bridgehead atoms. The van der Waals surface area contributed by atoms with Crippen molar-refractivity contribution < 1.29 is 22.7 Å². The fourth-order valence-electron chi connectivity index (χ4n) is 2.02. The Morgan fingerprint density at radius 3 is 2.57 bits per heavy atom. The van der Waals surface area contributed by atoms with E-state index in [0.29, 0.717) is 0 Å². The molecule has 0 spiro atoms. The first-order valence-corrected chi connectivity index (χ1v) is 7.54. The van der Waals surface area contributed by atoms with E-state index in [2.05, 4.69) is 10.1 Å². The Morgan fingerprint density at radius 2 is 2.00 bits per heavy atom. The number of nitrogens with two attached hydrogens (primary N) is 1. The largest absolute Gasteiger partial charge is 0.573 e. The minimum absolute atomic E-state index is 0.103. The van der Waals surface area contributed by atoms with Crippen LogP contribution < -0.4 is 15.8 Å². The molecule has 21 heavy (non-hydrogen) atoms. The van der Waals surface area contributed by atoms with Gasteiger partial charge in [-0.3, -0.25) is 4.79 Å². The molecule has 116 valence electrons. The van der Waals surface area contributed by atoms with Crippen molar-refractivity contribution in [2.75, 3.05) is 17.2 Å². The monoisotopic (exact) mass is 320 g/mol. The van der Waals surface area contributed by atoms with Gasteiger partial charge in [-0.2, -0.15) is 11.8 Å². The predicted molar refractivity (Wildman–Crippen MR) is 75.4 cm³/mol. The summed E-state index contributed by atoms with van der Waals surface area (Å²) in [6.45, 7) is 0. The maximum absolute atomic E-state index is 12.1. The molecule has 1 amide bonds. The van der Waals surface area contributed by atoms with E-state index in [4.69, 9.17) is 5.73 Å². The highest BCUT2D eigenvalue weighted by atomic mass is 32.2. The Bertz CT molecular complexity index is 517. The maximum Gasteiger partial charge on any atom is 0.573 e. The van der Waals surface area contributed by atoms with E-state index in [-0.39, 0.29) is 23.2 Å². The summed E-state index contributed by atoms with van der Waals surface area (Å²) in [5, 5.41) is 2.86. The summed E-state index contributed by atoms with van der Waals surface area (Å²) < 4.78 is 40.1. The van der Waals surface area contributed by atoms with Crippen LogP contribution in [0.2, 0.25) is 0 Å². The summed E-state index contributed by atoms with van der Waals surface area (Å²) in [6.07, 6.45) is -3.03. The number of thioether (sulfide) groups is 1. The topological polar surface area (TPSA) is 64.4 Å². The second-order valence-electron chi connectivity index (χ2n) is 4.66. The van der Waals surface area contributed by atoms with Crippen molar-refractivity contribution in [3.8, 4) is 5.75 Å². The second-order valence-corrected chi connectivity index (χ2v) is 5.89. The summed E-state index contributed by atoms with van der Waals surface area (Å²) in [5.74, 6) is 1.14. The number of amides is 1. The minimum atomic E-state index is -4.81. The molecule has 1 heterocycles. The number of carbonyl (C=O) groups excluding carboxylic acids is 1. The van der Waals surface area contributed by atoms with E-state index in [9.17, 15) is 18.0 Å². The lowest BCUT2D eigenvalue weighted by Gasteiger charge is -2.22. The molecule has 1 saturated heterocycles. The highest BCUT2D eigenvalue weighted by Gasteiger charge is 2.32. The molecule has 0 aromatic heterocycles. The highest BCUT2D eigenvalue weighted by molar-refractivity contribution is 7.99. The van der Waals surface area contributed by atoms with Gasteiger partial charge in [-0.25, -0.2) is 0 Å². The molecule has 8 heteroatoms. The minimum Gasteiger partial charge on any atom is -0.404 e. The predicted octanol–water partition coefficient (Wildman–Crippen LogP) is 2.79. The molecule has 0 saturated carbocycles. The normalized spacial score (nSPS) is 16.5. The van der Waals surface area contributed by atoms with Gasteiger partial charge in [-0.15, -0.1) is 13.2 Å². The summed E-state index contributed by atoms with van der Waals surface area (Å²) in [4.78, 5) is 12.0. The molecule has 2 rings (SSSR count). The standard InChI is InChI=1S/C13H15F3N2O2S/c14-13(15,16)20-11-2-1-8(7-10(11)17)12(19)18-9-3-5-21-6-4-9/h1-2,7,9H,3-6,17H2,(H,18,19). The lowest BCUT2D eigenvalue weighted by Crippen LogP contribution is -2.37. The number of rotatable bonds is 3. The van der Waals surface area contributed by atoms with E-state index in [1.54, 1.807) is 0 Å². The summed E-state index contributed by atoms with van der Waals surface area (Å²) in [5.41, 5.74) is 5.49. The SMILES string of the molecule is Nc1cc(C(=O)NC2CCSCC2)ccc1OC(F)(F)F. The molecule has 0 atom stereocenters. The summed E-state index contributed by atoms with van der Waals surface area (Å²) in [6, 6.07) is 3.61. The Kier molecular flexibility index (Phi) is 4.87. The van der Waals surface area contributed by atoms with Crippen molar-refractivity contribution in [2.45, 2.75) is 25.2 Å². The number of nitrogens with one attached hydrogen (secondary N) is 1. The first kappa shape index (κ1) is 15.8. The number of halogens is 3. The Labute approximate surface area is 124 Å². The van der Waals surface area contributed by atoms with Gasteiger partial charge >= 0.3 is 6.36 Å². The molecule has 0 radical (unpaired) electrons. The third-order valence-electron chi connectivity index (χ3n) is 3.05. The molecular formula is C13H15F3N2O2S. The molecule has 0 aliphatic carbocycles. The number of nitrogen functional groups attached to an aromatic ring is 1. The van der Waals surface area contributed by atoms with Gasteiger partial charge in [0.05, 0.1) is 5.69 Å². The molecule has 1 fully saturated rings. The van der Waals surface area contributed by atoms with E-state index in [1.165, 1.54) is 12.1 Å². The molecule has 1 aliphatic heterocycles. The first-order chi connectivity index (χ1) is 9.85. The van der Waals surface area contributed by atoms with Crippen LogP contribution in [0.3, 0.4) is 0 Å². The van der Waals surface area contributed by atoms with Gasteiger partial charge in [-0.05, 0) is 42.5 Å². The van der Waals surface area contributed by atoms with Crippen LogP contribution in [0.15, 0.2) is 18.2 Å². The zero-order chi connectivity index (χ0) is 15.5. The van der Waals surface area contributed by atoms with Gasteiger partial charge in [0.2, 0.25) is 0 Å². The fraction of sp³-hybridized carbons (Fsp3) is 0.462. The van der Waals surface area contributed by atoms with Crippen LogP contribution in [-0.4, -0.2) is 29.8 Å². The number of anilines is 1. The summed E-state index contributed by atoms with van der Waals surface area (Å²) >= 11 is 1.84. The van der Waals surface area contributed by atoms with Gasteiger partial charge in [0, 0.05) is 11.6 Å². The lowest BCUT2D eigenvalue weighted by atomic mass is 10.1. The molecule has 1 aliphatic rings. The molecule has 1 aromatic rings. The number of ether oxygens (including phenoxy) is 1. The first-order valence-electron chi connectivity index (χ1n) is 6.39. The molecule has 3 N–H and O–H groups in total. The Balaban J connectivity index is 2.03. The molecule has 0 unspecified atom stereocenters. The average Bonchev–Trinajstić information content (AvgIpc) is 2.40. The second kappa shape index (κ2) is 6.46. The van der Waals surface area contributed by atoms with Crippen LogP contribution in [0.25, 0.3) is 0 Å². The Hall–Kier alpha value is -1.57. The van der Waals surface area contributed by atoms with Crippen molar-refractivity contribution in [1.29, 1.82) is 0 Å². The van der Waals surface area contributed by atoms with Gasteiger partial charge in [-0.1, -0.05) is 0 Å². The highest BCUT2D eigenvalue weighted by Crippen LogP contribution is 2.29. The van der Waals surface area contributed by atoms with Crippen molar-refractivity contribution in [1.82, 2.24) is 5.32 Å². The Morgan fingerprint density at radius 1 is 1.33 bits per heavy atom. The molecule has 1 aromatic carbocycles.